The molecule has 0 amide bonds. The quantitative estimate of drug-likeness (QED) is 0.643. The molecule has 3 rings (SSSR count). The van der Waals surface area contributed by atoms with Gasteiger partial charge in [0.2, 0.25) is 0 Å². The Morgan fingerprint density at radius 3 is 2.74 bits per heavy atom. The predicted molar refractivity (Wildman–Crippen MR) is 85.2 cm³/mol. The van der Waals surface area contributed by atoms with Crippen LogP contribution in [0.1, 0.15) is 10.4 Å². The van der Waals surface area contributed by atoms with Gasteiger partial charge in [0.15, 0.2) is 0 Å². The van der Waals surface area contributed by atoms with Crippen molar-refractivity contribution in [3.8, 4) is 0 Å². The summed E-state index contributed by atoms with van der Waals surface area (Å²) in [6.07, 6.45) is 3.69. The van der Waals surface area contributed by atoms with Crippen molar-refractivity contribution in [1.29, 1.82) is 0 Å². The molecule has 0 radical (unpaired) electrons. The van der Waals surface area contributed by atoms with Crippen LogP contribution in [0.5, 0.6) is 0 Å². The number of rotatable bonds is 3. The lowest BCUT2D eigenvalue weighted by Crippen LogP contribution is -2.36. The first kappa shape index (κ1) is 14.9. The Bertz CT molecular complexity index is 909. The molecule has 0 bridgehead atoms. The number of benzene rings is 2. The monoisotopic (exact) mass is 312 g/mol. The average molecular weight is 312 g/mol. The van der Waals surface area contributed by atoms with Gasteiger partial charge in [-0.15, -0.1) is 4.91 Å². The summed E-state index contributed by atoms with van der Waals surface area (Å²) in [7, 11) is 1.32. The fourth-order valence-corrected chi connectivity index (χ4v) is 2.49. The number of nitroso groups, excluding NO2 is 1. The van der Waals surface area contributed by atoms with Crippen LogP contribution in [0, 0.1) is 10.7 Å². The Kier molecular flexibility index (Phi) is 3.89. The van der Waals surface area contributed by atoms with E-state index in [2.05, 4.69) is 5.18 Å². The molecule has 0 spiro atoms. The number of anilines is 1. The molecule has 1 heterocycles. The summed E-state index contributed by atoms with van der Waals surface area (Å²) in [5.41, 5.74) is 0.808. The van der Waals surface area contributed by atoms with E-state index in [-0.39, 0.29) is 5.69 Å². The second-order valence-corrected chi connectivity index (χ2v) is 5.05. The van der Waals surface area contributed by atoms with Gasteiger partial charge in [-0.25, -0.2) is 9.18 Å². The summed E-state index contributed by atoms with van der Waals surface area (Å²) in [4.78, 5) is 23.8. The maximum atomic E-state index is 14.1. The van der Waals surface area contributed by atoms with Crippen molar-refractivity contribution in [3.63, 3.8) is 0 Å². The minimum atomic E-state index is -0.528. The second kappa shape index (κ2) is 6.00. The van der Waals surface area contributed by atoms with E-state index in [1.54, 1.807) is 23.2 Å². The first-order valence-corrected chi connectivity index (χ1v) is 6.92. The third-order valence-corrected chi connectivity index (χ3v) is 3.66. The number of carbonyl (C=O) groups is 1. The van der Waals surface area contributed by atoms with Gasteiger partial charge in [0.25, 0.3) is 0 Å². The Hall–Kier alpha value is -3.02. The van der Waals surface area contributed by atoms with E-state index < -0.39 is 11.8 Å². The van der Waals surface area contributed by atoms with Crippen LogP contribution in [0.2, 0.25) is 0 Å². The number of halogens is 1. The van der Waals surface area contributed by atoms with Crippen molar-refractivity contribution in [3.05, 3.63) is 63.1 Å². The van der Waals surface area contributed by atoms with Gasteiger partial charge in [-0.1, -0.05) is 12.1 Å². The molecule has 0 aromatic heterocycles. The van der Waals surface area contributed by atoms with Crippen LogP contribution in [-0.2, 0) is 4.74 Å². The molecule has 2 aromatic carbocycles. The van der Waals surface area contributed by atoms with Gasteiger partial charge >= 0.3 is 5.97 Å². The smallest absolute Gasteiger partial charge is 0.337 e. The Labute approximate surface area is 131 Å². The van der Waals surface area contributed by atoms with E-state index >= 15 is 0 Å². The van der Waals surface area contributed by atoms with Gasteiger partial charge in [0, 0.05) is 18.8 Å². The number of esters is 1. The van der Waals surface area contributed by atoms with Crippen molar-refractivity contribution in [2.45, 2.75) is 0 Å². The summed E-state index contributed by atoms with van der Waals surface area (Å²) in [5.74, 6) is -0.953. The molecule has 116 valence electrons. The van der Waals surface area contributed by atoms with Crippen molar-refractivity contribution < 1.29 is 13.9 Å². The van der Waals surface area contributed by atoms with Crippen molar-refractivity contribution in [1.82, 2.24) is 0 Å². The molecule has 0 N–H and O–H groups in total. The summed E-state index contributed by atoms with van der Waals surface area (Å²) < 4.78 is 18.8. The summed E-state index contributed by atoms with van der Waals surface area (Å²) in [6.45, 7) is 0.482. The summed E-state index contributed by atoms with van der Waals surface area (Å²) in [6, 6.07) is 9.27. The highest BCUT2D eigenvalue weighted by Crippen LogP contribution is 2.24. The van der Waals surface area contributed by atoms with Crippen LogP contribution in [0.3, 0.4) is 0 Å². The number of hydrogen-bond acceptors (Lipinski definition) is 5. The van der Waals surface area contributed by atoms with Crippen LogP contribution >= 0.6 is 0 Å². The molecular weight excluding hydrogens is 299 g/mol. The number of fused-ring (bicyclic) bond motifs is 1. The van der Waals surface area contributed by atoms with E-state index in [1.165, 1.54) is 19.2 Å². The number of nitrogens with zero attached hydrogens (tertiary/aromatic N) is 2. The average Bonchev–Trinajstić information content (AvgIpc) is 2.59. The standard InChI is InChI=1S/C17H13FN2O3/c1-23-17(21)12-3-2-11-6-7-20(10-13(11)8-12)16-5-4-14(19-22)9-15(16)18/h2-6,8-10H,7H2,1H3. The van der Waals surface area contributed by atoms with E-state index in [0.29, 0.717) is 17.8 Å². The van der Waals surface area contributed by atoms with Crippen LogP contribution in [0.15, 0.2) is 41.6 Å². The lowest BCUT2D eigenvalue weighted by molar-refractivity contribution is 0.0600. The van der Waals surface area contributed by atoms with Gasteiger partial charge < -0.3 is 9.64 Å². The third kappa shape index (κ3) is 2.83. The van der Waals surface area contributed by atoms with Crippen LogP contribution in [0.4, 0.5) is 15.8 Å². The molecule has 2 aromatic rings. The second-order valence-electron chi connectivity index (χ2n) is 5.05. The largest absolute Gasteiger partial charge is 0.465 e. The Balaban J connectivity index is 2.04. The molecule has 1 aliphatic heterocycles. The molecule has 5 nitrogen and oxygen atoms in total. The molecule has 6 heteroatoms. The van der Waals surface area contributed by atoms with Crippen LogP contribution in [-0.4, -0.2) is 19.6 Å². The van der Waals surface area contributed by atoms with Gasteiger partial charge in [-0.2, -0.15) is 0 Å². The van der Waals surface area contributed by atoms with Crippen LogP contribution in [0.25, 0.3) is 12.3 Å². The minimum absolute atomic E-state index is 0.0422. The SMILES string of the molecule is COC(=O)c1ccc2c(c1)=CN(c1ccc(N=O)cc1F)CC=2. The molecule has 0 unspecified atom stereocenters. The highest BCUT2D eigenvalue weighted by molar-refractivity contribution is 5.89. The summed E-state index contributed by atoms with van der Waals surface area (Å²) >= 11 is 0. The molecule has 0 saturated carbocycles. The molecule has 0 aliphatic carbocycles. The van der Waals surface area contributed by atoms with E-state index in [0.717, 1.165) is 16.5 Å². The number of methoxy groups -OCH3 is 1. The first-order valence-electron chi connectivity index (χ1n) is 6.92. The minimum Gasteiger partial charge on any atom is -0.465 e. The molecule has 0 atom stereocenters. The highest BCUT2D eigenvalue weighted by atomic mass is 19.1. The van der Waals surface area contributed by atoms with Gasteiger partial charge in [-0.05, 0) is 39.9 Å². The Morgan fingerprint density at radius 1 is 1.22 bits per heavy atom. The normalized spacial score (nSPS) is 12.7. The zero-order chi connectivity index (χ0) is 16.4. The number of ether oxygens (including phenoxy) is 1. The van der Waals surface area contributed by atoms with Gasteiger partial charge in [0.1, 0.15) is 11.5 Å². The molecule has 23 heavy (non-hydrogen) atoms. The fourth-order valence-electron chi connectivity index (χ4n) is 2.49. The van der Waals surface area contributed by atoms with Crippen LogP contribution < -0.4 is 15.3 Å². The topological polar surface area (TPSA) is 59.0 Å². The first-order chi connectivity index (χ1) is 11.1. The maximum Gasteiger partial charge on any atom is 0.337 e. The van der Waals surface area contributed by atoms with Gasteiger partial charge in [-0.3, -0.25) is 0 Å². The van der Waals surface area contributed by atoms with E-state index in [4.69, 9.17) is 4.74 Å². The molecule has 1 aliphatic rings. The molecule has 0 fully saturated rings. The lowest BCUT2D eigenvalue weighted by atomic mass is 10.1. The number of hydrogen-bond donors (Lipinski definition) is 0. The number of carbonyl (C=O) groups excluding carboxylic acids is 1. The van der Waals surface area contributed by atoms with E-state index in [1.807, 2.05) is 12.1 Å². The fraction of sp³-hybridized carbons (Fsp3) is 0.118. The molecular formula is C17H13FN2O3. The Morgan fingerprint density at radius 2 is 2.04 bits per heavy atom. The maximum absolute atomic E-state index is 14.1. The van der Waals surface area contributed by atoms with Crippen molar-refractivity contribution in [2.75, 3.05) is 18.6 Å². The highest BCUT2D eigenvalue weighted by Gasteiger charge is 2.13. The zero-order valence-electron chi connectivity index (χ0n) is 12.3. The lowest BCUT2D eigenvalue weighted by Gasteiger charge is -2.22. The van der Waals surface area contributed by atoms with Crippen molar-refractivity contribution >= 4 is 29.6 Å². The third-order valence-electron chi connectivity index (χ3n) is 3.66. The van der Waals surface area contributed by atoms with E-state index in [9.17, 15) is 14.1 Å². The van der Waals surface area contributed by atoms with Crippen molar-refractivity contribution in [2.24, 2.45) is 5.18 Å². The predicted octanol–water partition coefficient (Wildman–Crippen LogP) is 2.05. The molecule has 0 saturated heterocycles. The zero-order valence-corrected chi connectivity index (χ0v) is 12.3. The van der Waals surface area contributed by atoms with Gasteiger partial charge in [0.05, 0.1) is 18.4 Å². The summed E-state index contributed by atoms with van der Waals surface area (Å²) in [5, 5.41) is 4.46.